The van der Waals surface area contributed by atoms with Crippen molar-refractivity contribution in [1.29, 1.82) is 0 Å². The lowest BCUT2D eigenvalue weighted by molar-refractivity contribution is 0.0981. The number of anilines is 2. The molecule has 2 saturated carbocycles. The second-order valence-electron chi connectivity index (χ2n) is 13.2. The van der Waals surface area contributed by atoms with Crippen molar-refractivity contribution in [2.24, 2.45) is 17.3 Å². The minimum absolute atomic E-state index is 0.184. The molecule has 2 atom stereocenters. The van der Waals surface area contributed by atoms with Gasteiger partial charge in [-0.1, -0.05) is 6.07 Å². The number of ether oxygens (including phenoxy) is 1. The highest BCUT2D eigenvalue weighted by Gasteiger charge is 2.54. The van der Waals surface area contributed by atoms with Crippen LogP contribution in [-0.2, 0) is 10.0 Å². The van der Waals surface area contributed by atoms with Gasteiger partial charge in [0.15, 0.2) is 10.8 Å². The summed E-state index contributed by atoms with van der Waals surface area (Å²) in [6.45, 7) is 6.31. The van der Waals surface area contributed by atoms with E-state index in [1.165, 1.54) is 31.7 Å². The van der Waals surface area contributed by atoms with Crippen LogP contribution in [0.2, 0.25) is 0 Å². The van der Waals surface area contributed by atoms with Gasteiger partial charge in [-0.25, -0.2) is 19.4 Å². The second-order valence-corrected chi connectivity index (χ2v) is 14.9. The summed E-state index contributed by atoms with van der Waals surface area (Å²) in [5.74, 6) is 2.38. The Hall–Kier alpha value is -3.67. The van der Waals surface area contributed by atoms with Gasteiger partial charge in [0, 0.05) is 30.9 Å². The van der Waals surface area contributed by atoms with Gasteiger partial charge in [0.1, 0.15) is 11.6 Å². The molecule has 4 aliphatic rings. The number of hydrogen-bond acceptors (Lipinski definition) is 9. The van der Waals surface area contributed by atoms with Crippen molar-refractivity contribution in [3.05, 3.63) is 48.2 Å². The van der Waals surface area contributed by atoms with E-state index in [0.29, 0.717) is 54.4 Å². The Kier molecular flexibility index (Phi) is 6.87. The molecule has 7 rings (SSSR count). The third-order valence-electron chi connectivity index (χ3n) is 9.91. The van der Waals surface area contributed by atoms with Gasteiger partial charge >= 0.3 is 0 Å². The van der Waals surface area contributed by atoms with E-state index in [4.69, 9.17) is 9.72 Å². The Labute approximate surface area is 252 Å². The van der Waals surface area contributed by atoms with Crippen molar-refractivity contribution in [1.82, 2.24) is 24.5 Å². The summed E-state index contributed by atoms with van der Waals surface area (Å²) in [4.78, 5) is 24.9. The fourth-order valence-electron chi connectivity index (χ4n) is 7.25. The van der Waals surface area contributed by atoms with Crippen molar-refractivity contribution in [2.45, 2.75) is 75.8 Å². The SMILES string of the molecule is CC1(C)C[C@@H]2CCCNc3cccc(n3)S(=O)(=O)NC(=O)c3ccc(-n4ccc(OCCC5CCC56CC6)n4)nc3N1C2. The standard InChI is InChI=1S/C31H39N7O4S/c1-30(2)19-21-5-4-16-32-24-6-3-7-27(33-24)43(40,41)36-29(39)23-8-9-25(34-28(23)37(30)20-21)38-17-11-26(35-38)42-18-12-22-10-13-31(22)14-15-31/h3,6-9,11,17,21-22H,4-5,10,12-16,18-20H2,1-2H3,(H,32,33)(H,36,39)/t21-,22?/m0/s1. The molecule has 3 fully saturated rings. The number of nitrogens with one attached hydrogen (secondary N) is 2. The van der Waals surface area contributed by atoms with Gasteiger partial charge in [0.25, 0.3) is 15.9 Å². The number of fused-ring (bicyclic) bond motifs is 6. The van der Waals surface area contributed by atoms with Gasteiger partial charge in [-0.3, -0.25) is 4.79 Å². The molecule has 43 heavy (non-hydrogen) atoms. The van der Waals surface area contributed by atoms with Crippen LogP contribution in [0.3, 0.4) is 0 Å². The maximum absolute atomic E-state index is 13.6. The molecule has 11 nitrogen and oxygen atoms in total. The number of amides is 1. The Morgan fingerprint density at radius 2 is 1.93 bits per heavy atom. The average molecular weight is 606 g/mol. The van der Waals surface area contributed by atoms with Crippen molar-refractivity contribution in [2.75, 3.05) is 29.9 Å². The molecule has 1 saturated heterocycles. The molecular weight excluding hydrogens is 566 g/mol. The quantitative estimate of drug-likeness (QED) is 0.430. The van der Waals surface area contributed by atoms with E-state index >= 15 is 0 Å². The highest BCUT2D eigenvalue weighted by molar-refractivity contribution is 7.90. The topological polar surface area (TPSA) is 131 Å². The minimum atomic E-state index is -4.22. The molecule has 2 aliphatic carbocycles. The van der Waals surface area contributed by atoms with E-state index in [9.17, 15) is 13.2 Å². The van der Waals surface area contributed by atoms with Gasteiger partial charge in [-0.05, 0) is 107 Å². The number of nitrogens with zero attached hydrogens (tertiary/aromatic N) is 5. The number of carbonyl (C=O) groups is 1. The highest BCUT2D eigenvalue weighted by Crippen LogP contribution is 2.65. The maximum atomic E-state index is 13.6. The molecule has 3 aromatic heterocycles. The summed E-state index contributed by atoms with van der Waals surface area (Å²) >= 11 is 0. The fraction of sp³-hybridized carbons (Fsp3) is 0.548. The number of hydrogen-bond donors (Lipinski definition) is 2. The van der Waals surface area contributed by atoms with Crippen molar-refractivity contribution < 1.29 is 17.9 Å². The van der Waals surface area contributed by atoms with Crippen LogP contribution < -0.4 is 19.7 Å². The predicted octanol–water partition coefficient (Wildman–Crippen LogP) is 4.55. The largest absolute Gasteiger partial charge is 0.477 e. The summed E-state index contributed by atoms with van der Waals surface area (Å²) in [5.41, 5.74) is 0.523. The molecule has 5 heterocycles. The van der Waals surface area contributed by atoms with Crippen LogP contribution in [0, 0.1) is 17.3 Å². The lowest BCUT2D eigenvalue weighted by Gasteiger charge is -2.37. The average Bonchev–Trinajstić information content (AvgIpc) is 3.59. The van der Waals surface area contributed by atoms with Crippen LogP contribution in [0.5, 0.6) is 5.88 Å². The highest BCUT2D eigenvalue weighted by atomic mass is 32.2. The van der Waals surface area contributed by atoms with E-state index in [1.54, 1.807) is 35.1 Å². The smallest absolute Gasteiger partial charge is 0.281 e. The first-order valence-corrected chi connectivity index (χ1v) is 16.9. The lowest BCUT2D eigenvalue weighted by Crippen LogP contribution is -2.41. The molecular formula is C31H39N7O4S. The Morgan fingerprint density at radius 1 is 1.07 bits per heavy atom. The van der Waals surface area contributed by atoms with E-state index in [0.717, 1.165) is 31.6 Å². The molecule has 0 radical (unpaired) electrons. The molecule has 2 N–H and O–H groups in total. The number of rotatable bonds is 5. The second kappa shape index (κ2) is 10.5. The molecule has 3 aromatic rings. The van der Waals surface area contributed by atoms with Crippen LogP contribution in [0.15, 0.2) is 47.6 Å². The monoisotopic (exact) mass is 605 g/mol. The number of carbonyl (C=O) groups excluding carboxylic acids is 1. The van der Waals surface area contributed by atoms with Crippen LogP contribution in [0.1, 0.15) is 75.6 Å². The first-order valence-electron chi connectivity index (χ1n) is 15.4. The van der Waals surface area contributed by atoms with E-state index < -0.39 is 15.9 Å². The molecule has 12 heteroatoms. The molecule has 4 bridgehead atoms. The predicted molar refractivity (Wildman–Crippen MR) is 162 cm³/mol. The first kappa shape index (κ1) is 28.1. The van der Waals surface area contributed by atoms with Crippen molar-refractivity contribution in [3.8, 4) is 11.7 Å². The Morgan fingerprint density at radius 3 is 2.72 bits per heavy atom. The zero-order valence-corrected chi connectivity index (χ0v) is 25.6. The van der Waals surface area contributed by atoms with E-state index in [2.05, 4.69) is 38.9 Å². The Balaban J connectivity index is 1.18. The molecule has 2 aliphatic heterocycles. The lowest BCUT2D eigenvalue weighted by atomic mass is 9.69. The van der Waals surface area contributed by atoms with Crippen molar-refractivity contribution in [3.63, 3.8) is 0 Å². The summed E-state index contributed by atoms with van der Waals surface area (Å²) in [7, 11) is -4.22. The van der Waals surface area contributed by atoms with Crippen LogP contribution in [0.4, 0.5) is 11.6 Å². The maximum Gasteiger partial charge on any atom is 0.281 e. The zero-order valence-electron chi connectivity index (χ0n) is 24.8. The first-order chi connectivity index (χ1) is 20.6. The number of sulfonamides is 1. The van der Waals surface area contributed by atoms with E-state index in [1.807, 2.05) is 6.07 Å². The van der Waals surface area contributed by atoms with Gasteiger partial charge < -0.3 is 15.0 Å². The normalized spacial score (nSPS) is 25.0. The van der Waals surface area contributed by atoms with Crippen molar-refractivity contribution >= 4 is 27.6 Å². The van der Waals surface area contributed by atoms with Gasteiger partial charge in [-0.2, -0.15) is 8.42 Å². The van der Waals surface area contributed by atoms with Gasteiger partial charge in [-0.15, -0.1) is 5.10 Å². The van der Waals surface area contributed by atoms with Crippen LogP contribution >= 0.6 is 0 Å². The fourth-order valence-corrected chi connectivity index (χ4v) is 8.18. The number of pyridine rings is 2. The summed E-state index contributed by atoms with van der Waals surface area (Å²) < 4.78 is 36.3. The summed E-state index contributed by atoms with van der Waals surface area (Å²) in [6.07, 6.45) is 11.1. The molecule has 1 amide bonds. The minimum Gasteiger partial charge on any atom is -0.477 e. The van der Waals surface area contributed by atoms with Crippen LogP contribution in [0.25, 0.3) is 5.82 Å². The molecule has 1 unspecified atom stereocenters. The van der Waals surface area contributed by atoms with Gasteiger partial charge in [0.2, 0.25) is 5.88 Å². The summed E-state index contributed by atoms with van der Waals surface area (Å²) in [5, 5.41) is 7.62. The third kappa shape index (κ3) is 5.45. The summed E-state index contributed by atoms with van der Waals surface area (Å²) in [6, 6.07) is 9.86. The Bertz CT molecular complexity index is 1650. The zero-order chi connectivity index (χ0) is 29.8. The van der Waals surface area contributed by atoms with Gasteiger partial charge in [0.05, 0.1) is 12.2 Å². The molecule has 1 spiro atoms. The number of aromatic nitrogens is 4. The molecule has 228 valence electrons. The molecule has 0 aromatic carbocycles. The van der Waals surface area contributed by atoms with Crippen LogP contribution in [-0.4, -0.2) is 59.3 Å². The third-order valence-corrected chi connectivity index (χ3v) is 11.1. The van der Waals surface area contributed by atoms with E-state index in [-0.39, 0.29) is 16.1 Å².